The van der Waals surface area contributed by atoms with E-state index in [1.54, 1.807) is 0 Å². The van der Waals surface area contributed by atoms with Crippen molar-refractivity contribution in [1.82, 2.24) is 10.2 Å². The molecule has 3 heteroatoms. The topological polar surface area (TPSA) is 24.5 Å². The lowest BCUT2D eigenvalue weighted by Gasteiger charge is -2.24. The second-order valence-corrected chi connectivity index (χ2v) is 6.80. The number of hydrogen-bond donors (Lipinski definition) is 1. The van der Waals surface area contributed by atoms with E-state index >= 15 is 0 Å². The van der Waals surface area contributed by atoms with Crippen molar-refractivity contribution in [1.29, 1.82) is 0 Å². The number of nitrogens with zero attached hydrogens (tertiary/aromatic N) is 1. The number of fused-ring (bicyclic) bond motifs is 5. The van der Waals surface area contributed by atoms with Gasteiger partial charge < -0.3 is 10.1 Å². The Morgan fingerprint density at radius 1 is 1.00 bits per heavy atom. The van der Waals surface area contributed by atoms with Gasteiger partial charge in [0.2, 0.25) is 0 Å². The molecule has 21 heavy (non-hydrogen) atoms. The maximum Gasteiger partial charge on any atom is 0.119 e. The van der Waals surface area contributed by atoms with Crippen molar-refractivity contribution in [3.8, 4) is 5.75 Å². The Bertz CT molecular complexity index is 446. The fourth-order valence-corrected chi connectivity index (χ4v) is 4.84. The summed E-state index contributed by atoms with van der Waals surface area (Å²) in [6.07, 6.45) is 5.31. The lowest BCUT2D eigenvalue weighted by molar-refractivity contribution is 0.213. The van der Waals surface area contributed by atoms with Crippen LogP contribution in [-0.2, 0) is 0 Å². The molecule has 3 fully saturated rings. The molecule has 114 valence electrons. The summed E-state index contributed by atoms with van der Waals surface area (Å²) in [6.45, 7) is 4.65. The van der Waals surface area contributed by atoms with E-state index in [4.69, 9.17) is 4.74 Å². The number of para-hydroxylation sites is 1. The summed E-state index contributed by atoms with van der Waals surface area (Å²) in [4.78, 5) is 2.83. The highest BCUT2D eigenvalue weighted by Crippen LogP contribution is 2.47. The number of nitrogens with one attached hydrogen (secondary N) is 1. The number of benzene rings is 1. The molecule has 1 aromatic rings. The van der Waals surface area contributed by atoms with Crippen LogP contribution in [0.5, 0.6) is 5.75 Å². The molecule has 0 amide bonds. The van der Waals surface area contributed by atoms with Gasteiger partial charge in [0.1, 0.15) is 5.75 Å². The van der Waals surface area contributed by atoms with Crippen molar-refractivity contribution in [3.05, 3.63) is 30.3 Å². The van der Waals surface area contributed by atoms with Crippen LogP contribution >= 0.6 is 0 Å². The smallest absolute Gasteiger partial charge is 0.119 e. The van der Waals surface area contributed by atoms with Crippen molar-refractivity contribution in [2.24, 2.45) is 11.8 Å². The second kappa shape index (κ2) is 5.98. The van der Waals surface area contributed by atoms with Gasteiger partial charge in [-0.05, 0) is 69.3 Å². The molecule has 3 saturated heterocycles. The van der Waals surface area contributed by atoms with E-state index in [1.807, 2.05) is 30.3 Å². The fraction of sp³-hybridized carbons (Fsp3) is 0.667. The van der Waals surface area contributed by atoms with Crippen molar-refractivity contribution in [2.45, 2.75) is 37.8 Å². The molecule has 1 N–H and O–H groups in total. The second-order valence-electron chi connectivity index (χ2n) is 6.80. The first-order valence-corrected chi connectivity index (χ1v) is 8.58. The Hall–Kier alpha value is -1.06. The quantitative estimate of drug-likeness (QED) is 0.813. The van der Waals surface area contributed by atoms with E-state index in [0.717, 1.165) is 36.3 Å². The SMILES string of the molecule is c1ccc(OCCCCN2[C@@H]3CC[C@H]2[C@H]2CNC[C@H]23)cc1. The lowest BCUT2D eigenvalue weighted by atomic mass is 9.82. The third-order valence-electron chi connectivity index (χ3n) is 5.73. The molecule has 4 atom stereocenters. The van der Waals surface area contributed by atoms with Crippen LogP contribution in [0.1, 0.15) is 25.7 Å². The van der Waals surface area contributed by atoms with Gasteiger partial charge in [-0.3, -0.25) is 4.90 Å². The largest absolute Gasteiger partial charge is 0.494 e. The number of unbranched alkanes of at least 4 members (excludes halogenated alkanes) is 1. The van der Waals surface area contributed by atoms with Crippen molar-refractivity contribution < 1.29 is 4.74 Å². The fourth-order valence-electron chi connectivity index (χ4n) is 4.84. The third kappa shape index (κ3) is 2.58. The van der Waals surface area contributed by atoms with Gasteiger partial charge in [0.15, 0.2) is 0 Å². The molecule has 0 aromatic heterocycles. The molecule has 0 spiro atoms. The van der Waals surface area contributed by atoms with Gasteiger partial charge in [0.25, 0.3) is 0 Å². The zero-order valence-electron chi connectivity index (χ0n) is 12.7. The van der Waals surface area contributed by atoms with Crippen LogP contribution in [0.25, 0.3) is 0 Å². The van der Waals surface area contributed by atoms with E-state index < -0.39 is 0 Å². The molecule has 0 saturated carbocycles. The third-order valence-corrected chi connectivity index (χ3v) is 5.73. The number of rotatable bonds is 6. The molecule has 3 aliphatic rings. The summed E-state index contributed by atoms with van der Waals surface area (Å²) in [5, 5.41) is 3.59. The Kier molecular flexibility index (Phi) is 3.87. The van der Waals surface area contributed by atoms with Crippen LogP contribution in [0.15, 0.2) is 30.3 Å². The highest BCUT2D eigenvalue weighted by molar-refractivity contribution is 5.20. The van der Waals surface area contributed by atoms with Crippen molar-refractivity contribution >= 4 is 0 Å². The molecule has 2 bridgehead atoms. The zero-order chi connectivity index (χ0) is 14.1. The molecule has 3 heterocycles. The summed E-state index contributed by atoms with van der Waals surface area (Å²) in [5.74, 6) is 2.90. The minimum atomic E-state index is 0.849. The lowest BCUT2D eigenvalue weighted by Crippen LogP contribution is -2.35. The van der Waals surface area contributed by atoms with Crippen molar-refractivity contribution in [3.63, 3.8) is 0 Å². The van der Waals surface area contributed by atoms with Crippen LogP contribution in [0.3, 0.4) is 0 Å². The Labute approximate surface area is 127 Å². The molecule has 0 unspecified atom stereocenters. The molecule has 3 nitrogen and oxygen atoms in total. The molecule has 0 radical (unpaired) electrons. The van der Waals surface area contributed by atoms with Crippen LogP contribution in [-0.4, -0.2) is 43.2 Å². The standard InChI is InChI=1S/C18H26N2O/c1-2-6-14(7-3-1)21-11-5-4-10-20-17-8-9-18(20)16-13-19-12-15(16)17/h1-3,6-7,15-19H,4-5,8-13H2/t15-,16+,17-,18+. The summed E-state index contributed by atoms with van der Waals surface area (Å²) < 4.78 is 5.79. The van der Waals surface area contributed by atoms with Crippen LogP contribution in [0.4, 0.5) is 0 Å². The van der Waals surface area contributed by atoms with Gasteiger partial charge >= 0.3 is 0 Å². The number of hydrogen-bond acceptors (Lipinski definition) is 3. The van der Waals surface area contributed by atoms with E-state index in [9.17, 15) is 0 Å². The predicted octanol–water partition coefficient (Wildman–Crippen LogP) is 2.53. The Morgan fingerprint density at radius 2 is 1.71 bits per heavy atom. The minimum Gasteiger partial charge on any atom is -0.494 e. The van der Waals surface area contributed by atoms with Crippen LogP contribution < -0.4 is 10.1 Å². The monoisotopic (exact) mass is 286 g/mol. The first-order chi connectivity index (χ1) is 10.4. The molecule has 0 aliphatic carbocycles. The molecule has 4 rings (SSSR count). The van der Waals surface area contributed by atoms with E-state index in [-0.39, 0.29) is 0 Å². The highest BCUT2D eigenvalue weighted by Gasteiger charge is 2.53. The summed E-state index contributed by atoms with van der Waals surface area (Å²) in [7, 11) is 0. The zero-order valence-corrected chi connectivity index (χ0v) is 12.7. The van der Waals surface area contributed by atoms with Gasteiger partial charge in [-0.2, -0.15) is 0 Å². The average molecular weight is 286 g/mol. The highest BCUT2D eigenvalue weighted by atomic mass is 16.5. The first-order valence-electron chi connectivity index (χ1n) is 8.58. The average Bonchev–Trinajstić information content (AvgIpc) is 3.20. The Morgan fingerprint density at radius 3 is 2.43 bits per heavy atom. The summed E-state index contributed by atoms with van der Waals surface area (Å²) >= 11 is 0. The molecule has 3 aliphatic heterocycles. The molecular weight excluding hydrogens is 260 g/mol. The number of ether oxygens (including phenoxy) is 1. The van der Waals surface area contributed by atoms with Gasteiger partial charge in [-0.1, -0.05) is 18.2 Å². The summed E-state index contributed by atoms with van der Waals surface area (Å²) in [6, 6.07) is 11.9. The molecular formula is C18H26N2O. The van der Waals surface area contributed by atoms with Crippen LogP contribution in [0, 0.1) is 11.8 Å². The van der Waals surface area contributed by atoms with Crippen molar-refractivity contribution in [2.75, 3.05) is 26.2 Å². The van der Waals surface area contributed by atoms with Gasteiger partial charge in [0.05, 0.1) is 6.61 Å². The predicted molar refractivity (Wildman–Crippen MR) is 84.5 cm³/mol. The maximum atomic E-state index is 5.79. The van der Waals surface area contributed by atoms with E-state index in [1.165, 1.54) is 45.3 Å². The van der Waals surface area contributed by atoms with Gasteiger partial charge in [0, 0.05) is 12.1 Å². The summed E-state index contributed by atoms with van der Waals surface area (Å²) in [5.41, 5.74) is 0. The van der Waals surface area contributed by atoms with Gasteiger partial charge in [-0.15, -0.1) is 0 Å². The Balaban J connectivity index is 1.20. The van der Waals surface area contributed by atoms with Crippen LogP contribution in [0.2, 0.25) is 0 Å². The van der Waals surface area contributed by atoms with Gasteiger partial charge in [-0.25, -0.2) is 0 Å². The first kappa shape index (κ1) is 13.6. The minimum absolute atomic E-state index is 0.849. The van der Waals surface area contributed by atoms with E-state index in [2.05, 4.69) is 10.2 Å². The maximum absolute atomic E-state index is 5.79. The normalized spacial score (nSPS) is 34.3. The molecule has 1 aromatic carbocycles. The van der Waals surface area contributed by atoms with E-state index in [0.29, 0.717) is 0 Å².